The molecule has 2 aliphatic rings. The van der Waals surface area contributed by atoms with Gasteiger partial charge in [0.25, 0.3) is 5.91 Å². The van der Waals surface area contributed by atoms with E-state index in [-0.39, 0.29) is 35.6 Å². The molecule has 1 saturated heterocycles. The molecule has 1 unspecified atom stereocenters. The summed E-state index contributed by atoms with van der Waals surface area (Å²) in [7, 11) is 0. The molecule has 0 spiro atoms. The third kappa shape index (κ3) is 4.37. The number of amides is 2. The number of likely N-dealkylation sites (tertiary alicyclic amines) is 1. The Bertz CT molecular complexity index is 730. The fourth-order valence-electron chi connectivity index (χ4n) is 3.78. The maximum absolute atomic E-state index is 15.0. The molecule has 6 heteroatoms. The zero-order chi connectivity index (χ0) is 19.4. The van der Waals surface area contributed by atoms with E-state index in [0.29, 0.717) is 18.5 Å². The van der Waals surface area contributed by atoms with Gasteiger partial charge >= 0.3 is 0 Å². The summed E-state index contributed by atoms with van der Waals surface area (Å²) in [6.07, 6.45) is 4.99. The Labute approximate surface area is 159 Å². The summed E-state index contributed by atoms with van der Waals surface area (Å²) in [5.41, 5.74) is 0.439. The molecule has 1 aromatic carbocycles. The second kappa shape index (κ2) is 8.63. The zero-order valence-corrected chi connectivity index (χ0v) is 15.8. The van der Waals surface area contributed by atoms with Gasteiger partial charge in [-0.05, 0) is 37.3 Å². The molecule has 2 amide bonds. The minimum Gasteiger partial charge on any atom is -0.345 e. The summed E-state index contributed by atoms with van der Waals surface area (Å²) in [5, 5.41) is 2.48. The number of hydrogen-bond acceptors (Lipinski definition) is 3. The highest BCUT2D eigenvalue weighted by molar-refractivity contribution is 5.97. The van der Waals surface area contributed by atoms with E-state index in [1.165, 1.54) is 6.07 Å². The molecule has 5 nitrogen and oxygen atoms in total. The summed E-state index contributed by atoms with van der Waals surface area (Å²) in [6, 6.07) is 4.80. The largest absolute Gasteiger partial charge is 0.345 e. The molecule has 1 atom stereocenters. The first kappa shape index (κ1) is 19.5. The van der Waals surface area contributed by atoms with Crippen LogP contribution in [0.2, 0.25) is 0 Å². The standard InChI is InChI=1S/C21H27FN2O3/c1-2-16(25)12-23-20(26)18-10-4-9-17(19(18)22)15-8-5-11-24(13-15)21(27)14-6-3-7-14/h4,9-10,14-15H,2-3,5-8,11-13H2,1H3,(H,23,26). The van der Waals surface area contributed by atoms with Crippen LogP contribution >= 0.6 is 0 Å². The summed E-state index contributed by atoms with van der Waals surface area (Å²) in [4.78, 5) is 38.0. The van der Waals surface area contributed by atoms with Crippen molar-refractivity contribution in [2.45, 2.75) is 51.4 Å². The number of nitrogens with zero attached hydrogens (tertiary/aromatic N) is 1. The van der Waals surface area contributed by atoms with Gasteiger partial charge in [-0.1, -0.05) is 25.5 Å². The predicted octanol–water partition coefficient (Wildman–Crippen LogP) is 3.04. The van der Waals surface area contributed by atoms with Crippen LogP contribution in [0.25, 0.3) is 0 Å². The molecule has 2 fully saturated rings. The lowest BCUT2D eigenvalue weighted by molar-refractivity contribution is -0.139. The van der Waals surface area contributed by atoms with Gasteiger partial charge in [0.2, 0.25) is 5.91 Å². The Morgan fingerprint density at radius 2 is 1.96 bits per heavy atom. The SMILES string of the molecule is CCC(=O)CNC(=O)c1cccc(C2CCCN(C(=O)C3CCC3)C2)c1F. The number of hydrogen-bond donors (Lipinski definition) is 1. The number of rotatable bonds is 6. The molecule has 1 N–H and O–H groups in total. The maximum Gasteiger partial charge on any atom is 0.254 e. The average Bonchev–Trinajstić information content (AvgIpc) is 2.64. The summed E-state index contributed by atoms with van der Waals surface area (Å²) in [5.74, 6) is -0.985. The van der Waals surface area contributed by atoms with Crippen LogP contribution in [0.5, 0.6) is 0 Å². The van der Waals surface area contributed by atoms with Crippen molar-refractivity contribution in [3.63, 3.8) is 0 Å². The van der Waals surface area contributed by atoms with Gasteiger partial charge < -0.3 is 10.2 Å². The zero-order valence-electron chi connectivity index (χ0n) is 15.8. The molecule has 27 heavy (non-hydrogen) atoms. The van der Waals surface area contributed by atoms with Crippen molar-refractivity contribution < 1.29 is 18.8 Å². The fraction of sp³-hybridized carbons (Fsp3) is 0.571. The van der Waals surface area contributed by atoms with Gasteiger partial charge in [-0.15, -0.1) is 0 Å². The van der Waals surface area contributed by atoms with Gasteiger partial charge in [0.1, 0.15) is 5.82 Å². The smallest absolute Gasteiger partial charge is 0.254 e. The van der Waals surface area contributed by atoms with Crippen LogP contribution in [0.15, 0.2) is 18.2 Å². The van der Waals surface area contributed by atoms with E-state index in [4.69, 9.17) is 0 Å². The Morgan fingerprint density at radius 3 is 2.63 bits per heavy atom. The number of nitrogens with one attached hydrogen (secondary N) is 1. The molecular formula is C21H27FN2O3. The highest BCUT2D eigenvalue weighted by Crippen LogP contribution is 2.33. The monoisotopic (exact) mass is 374 g/mol. The van der Waals surface area contributed by atoms with E-state index in [9.17, 15) is 14.4 Å². The Hall–Kier alpha value is -2.24. The molecule has 146 valence electrons. The topological polar surface area (TPSA) is 66.5 Å². The Kier molecular flexibility index (Phi) is 6.24. The van der Waals surface area contributed by atoms with Crippen molar-refractivity contribution in [2.75, 3.05) is 19.6 Å². The first-order valence-corrected chi connectivity index (χ1v) is 9.88. The minimum atomic E-state index is -0.575. The Morgan fingerprint density at radius 1 is 1.19 bits per heavy atom. The molecule has 0 bridgehead atoms. The van der Waals surface area contributed by atoms with Crippen molar-refractivity contribution >= 4 is 17.6 Å². The molecule has 1 aliphatic carbocycles. The third-order valence-electron chi connectivity index (χ3n) is 5.74. The van der Waals surface area contributed by atoms with Crippen LogP contribution < -0.4 is 5.32 Å². The van der Waals surface area contributed by atoms with Crippen LogP contribution in [-0.2, 0) is 9.59 Å². The lowest BCUT2D eigenvalue weighted by Gasteiger charge is -2.37. The first-order valence-electron chi connectivity index (χ1n) is 9.88. The molecule has 3 rings (SSSR count). The van der Waals surface area contributed by atoms with Gasteiger partial charge in [0.05, 0.1) is 12.1 Å². The number of ketones is 1. The summed E-state index contributed by atoms with van der Waals surface area (Å²) < 4.78 is 15.0. The van der Waals surface area contributed by atoms with E-state index in [1.807, 2.05) is 4.90 Å². The van der Waals surface area contributed by atoms with E-state index in [2.05, 4.69) is 5.32 Å². The second-order valence-corrected chi connectivity index (χ2v) is 7.53. The Balaban J connectivity index is 1.71. The van der Waals surface area contributed by atoms with Crippen LogP contribution in [0.3, 0.4) is 0 Å². The second-order valence-electron chi connectivity index (χ2n) is 7.53. The number of piperidine rings is 1. The average molecular weight is 374 g/mol. The minimum absolute atomic E-state index is 0.0427. The molecule has 1 saturated carbocycles. The van der Waals surface area contributed by atoms with E-state index in [1.54, 1.807) is 19.1 Å². The van der Waals surface area contributed by atoms with Crippen LogP contribution in [-0.4, -0.2) is 42.1 Å². The van der Waals surface area contributed by atoms with Crippen molar-refractivity contribution in [3.05, 3.63) is 35.1 Å². The predicted molar refractivity (Wildman–Crippen MR) is 99.9 cm³/mol. The molecule has 1 aliphatic heterocycles. The normalized spacial score (nSPS) is 20.1. The van der Waals surface area contributed by atoms with Crippen molar-refractivity contribution in [1.82, 2.24) is 10.2 Å². The van der Waals surface area contributed by atoms with E-state index in [0.717, 1.165) is 38.6 Å². The maximum atomic E-state index is 15.0. The van der Waals surface area contributed by atoms with Gasteiger partial charge in [-0.2, -0.15) is 0 Å². The van der Waals surface area contributed by atoms with E-state index < -0.39 is 11.7 Å². The molecule has 0 radical (unpaired) electrons. The number of benzene rings is 1. The fourth-order valence-corrected chi connectivity index (χ4v) is 3.78. The number of carbonyl (C=O) groups is 3. The highest BCUT2D eigenvalue weighted by atomic mass is 19.1. The van der Waals surface area contributed by atoms with Gasteiger partial charge in [0, 0.05) is 31.3 Å². The lowest BCUT2D eigenvalue weighted by atomic mass is 9.82. The molecule has 1 aromatic rings. The summed E-state index contributed by atoms with van der Waals surface area (Å²) >= 11 is 0. The van der Waals surface area contributed by atoms with Crippen LogP contribution in [0.4, 0.5) is 4.39 Å². The van der Waals surface area contributed by atoms with Crippen LogP contribution in [0.1, 0.15) is 67.3 Å². The van der Waals surface area contributed by atoms with E-state index >= 15 is 4.39 Å². The van der Waals surface area contributed by atoms with Crippen LogP contribution in [0, 0.1) is 11.7 Å². The van der Waals surface area contributed by atoms with Gasteiger partial charge in [0.15, 0.2) is 5.78 Å². The van der Waals surface area contributed by atoms with Gasteiger partial charge in [-0.3, -0.25) is 14.4 Å². The highest BCUT2D eigenvalue weighted by Gasteiger charge is 2.33. The van der Waals surface area contributed by atoms with Crippen molar-refractivity contribution in [3.8, 4) is 0 Å². The quantitative estimate of drug-likeness (QED) is 0.832. The number of halogens is 1. The number of Topliss-reactive ketones (excluding diaryl/α,β-unsaturated/α-hetero) is 1. The summed E-state index contributed by atoms with van der Waals surface area (Å²) in [6.45, 7) is 2.86. The molecular weight excluding hydrogens is 347 g/mol. The van der Waals surface area contributed by atoms with Crippen molar-refractivity contribution in [2.24, 2.45) is 5.92 Å². The number of carbonyl (C=O) groups excluding carboxylic acids is 3. The first-order chi connectivity index (χ1) is 13.0. The lowest BCUT2D eigenvalue weighted by Crippen LogP contribution is -2.44. The van der Waals surface area contributed by atoms with Crippen molar-refractivity contribution in [1.29, 1.82) is 0 Å². The third-order valence-corrected chi connectivity index (χ3v) is 5.74. The molecule has 0 aromatic heterocycles. The van der Waals surface area contributed by atoms with Gasteiger partial charge in [-0.25, -0.2) is 4.39 Å². The molecule has 1 heterocycles.